The fourth-order valence-electron chi connectivity index (χ4n) is 4.98. The van der Waals surface area contributed by atoms with E-state index in [1.807, 2.05) is 0 Å². The van der Waals surface area contributed by atoms with E-state index in [4.69, 9.17) is 0 Å². The van der Waals surface area contributed by atoms with Crippen LogP contribution in [0.4, 0.5) is 55.1 Å². The lowest BCUT2D eigenvalue weighted by atomic mass is 10.1. The maximum absolute atomic E-state index is 12.4. The average Bonchev–Trinajstić information content (AvgIpc) is 3.11. The van der Waals surface area contributed by atoms with Crippen molar-refractivity contribution in [3.63, 3.8) is 0 Å². The summed E-state index contributed by atoms with van der Waals surface area (Å²) in [6.45, 7) is 0. The van der Waals surface area contributed by atoms with Crippen LogP contribution in [0.5, 0.6) is 0 Å². The van der Waals surface area contributed by atoms with Crippen LogP contribution in [0.1, 0.15) is 51.4 Å². The molecule has 270 valence electrons. The number of carbonyl (C=O) groups is 4. The first-order valence-corrected chi connectivity index (χ1v) is 16.5. The van der Waals surface area contributed by atoms with Crippen LogP contribution < -0.4 is 31.9 Å². The number of rotatable bonds is 17. The zero-order chi connectivity index (χ0) is 37.3. The number of nitrogens with one attached hydrogen (secondary N) is 6. The largest absolute Gasteiger partial charge is 0.326 e. The Morgan fingerprint density at radius 1 is 0.423 bits per heavy atom. The van der Waals surface area contributed by atoms with Crippen LogP contribution in [-0.4, -0.2) is 33.7 Å². The molecule has 0 aliphatic carbocycles. The van der Waals surface area contributed by atoms with Crippen LogP contribution in [0.15, 0.2) is 97.1 Å². The van der Waals surface area contributed by atoms with Gasteiger partial charge in [0.2, 0.25) is 11.8 Å². The standard InChI is InChI=1S/C36H38N8O8/c45-33(37-25-15-19-27(20-16-25)39-35(47)41-29-9-7-11-31(23-29)43(49)50)13-5-3-1-2-4-6-14-34(46)38-26-17-21-28(22-18-26)40-36(48)42-30-10-8-12-32(24-30)44(51)52/h7-12,15-24H,1-6,13-14H2,(H,37,45)(H,38,46)(H2,39,41,47)(H2,40,42,48). The molecule has 0 fully saturated rings. The SMILES string of the molecule is O=C(CCCCCCCCC(=O)Nc1ccc(NC(=O)Nc2cccc([N+](=O)[O-])c2)cc1)Nc1ccc(NC(=O)Nc2cccc([N+](=O)[O-])c2)cc1. The minimum absolute atomic E-state index is 0.117. The molecule has 0 heterocycles. The van der Waals surface area contributed by atoms with E-state index in [-0.39, 0.29) is 34.6 Å². The van der Waals surface area contributed by atoms with Gasteiger partial charge in [-0.15, -0.1) is 0 Å². The number of non-ortho nitro benzene ring substituents is 2. The first-order valence-electron chi connectivity index (χ1n) is 16.5. The highest BCUT2D eigenvalue weighted by atomic mass is 16.6. The molecular weight excluding hydrogens is 672 g/mol. The lowest BCUT2D eigenvalue weighted by Gasteiger charge is -2.09. The van der Waals surface area contributed by atoms with Gasteiger partial charge in [0, 0.05) is 71.2 Å². The van der Waals surface area contributed by atoms with Crippen molar-refractivity contribution >= 4 is 69.4 Å². The van der Waals surface area contributed by atoms with Crippen LogP contribution in [-0.2, 0) is 9.59 Å². The quantitative estimate of drug-likeness (QED) is 0.0353. The molecule has 0 atom stereocenters. The van der Waals surface area contributed by atoms with Gasteiger partial charge in [-0.05, 0) is 73.5 Å². The first-order chi connectivity index (χ1) is 25.0. The predicted molar refractivity (Wildman–Crippen MR) is 199 cm³/mol. The van der Waals surface area contributed by atoms with Crippen molar-refractivity contribution in [1.29, 1.82) is 0 Å². The Kier molecular flexibility index (Phi) is 14.1. The van der Waals surface area contributed by atoms with E-state index in [2.05, 4.69) is 31.9 Å². The molecule has 0 spiro atoms. The molecule has 4 aromatic carbocycles. The molecule has 0 saturated carbocycles. The van der Waals surface area contributed by atoms with Crippen LogP contribution in [0.25, 0.3) is 0 Å². The van der Waals surface area contributed by atoms with E-state index >= 15 is 0 Å². The number of nitro benzene ring substituents is 2. The molecule has 0 radical (unpaired) electrons. The second-order valence-corrected chi connectivity index (χ2v) is 11.6. The summed E-state index contributed by atoms with van der Waals surface area (Å²) in [6, 6.07) is 23.2. The highest BCUT2D eigenvalue weighted by molar-refractivity contribution is 6.01. The van der Waals surface area contributed by atoms with Crippen molar-refractivity contribution in [1.82, 2.24) is 0 Å². The van der Waals surface area contributed by atoms with Crippen molar-refractivity contribution in [3.8, 4) is 0 Å². The van der Waals surface area contributed by atoms with Crippen molar-refractivity contribution in [2.75, 3.05) is 31.9 Å². The van der Waals surface area contributed by atoms with Crippen molar-refractivity contribution < 1.29 is 29.0 Å². The third-order valence-corrected chi connectivity index (χ3v) is 7.54. The summed E-state index contributed by atoms with van der Waals surface area (Å²) in [5, 5.41) is 37.8. The number of hydrogen-bond donors (Lipinski definition) is 6. The lowest BCUT2D eigenvalue weighted by molar-refractivity contribution is -0.385. The molecule has 0 saturated heterocycles. The predicted octanol–water partition coefficient (Wildman–Crippen LogP) is 8.49. The molecule has 0 aromatic heterocycles. The number of nitro groups is 2. The van der Waals surface area contributed by atoms with Gasteiger partial charge < -0.3 is 31.9 Å². The van der Waals surface area contributed by atoms with Crippen LogP contribution in [0, 0.1) is 20.2 Å². The molecule has 52 heavy (non-hydrogen) atoms. The number of hydrogen-bond acceptors (Lipinski definition) is 8. The molecule has 6 amide bonds. The number of nitrogens with zero attached hydrogens (tertiary/aromatic N) is 2. The molecule has 0 unspecified atom stereocenters. The van der Waals surface area contributed by atoms with Gasteiger partial charge in [0.1, 0.15) is 0 Å². The zero-order valence-electron chi connectivity index (χ0n) is 28.1. The van der Waals surface area contributed by atoms with E-state index in [0.29, 0.717) is 35.6 Å². The van der Waals surface area contributed by atoms with Crippen molar-refractivity contribution in [2.24, 2.45) is 0 Å². The van der Waals surface area contributed by atoms with Gasteiger partial charge in [-0.1, -0.05) is 37.8 Å². The fourth-order valence-corrected chi connectivity index (χ4v) is 4.98. The molecule has 0 aliphatic heterocycles. The Labute approximate surface area is 298 Å². The molecule has 4 rings (SSSR count). The molecule has 0 aliphatic rings. The molecule has 4 aromatic rings. The summed E-state index contributed by atoms with van der Waals surface area (Å²) in [4.78, 5) is 69.9. The Balaban J connectivity index is 1.02. The first kappa shape index (κ1) is 38.0. The van der Waals surface area contributed by atoms with Gasteiger partial charge in [-0.25, -0.2) is 9.59 Å². The summed E-state index contributed by atoms with van der Waals surface area (Å²) in [5.74, 6) is -0.235. The van der Waals surface area contributed by atoms with E-state index in [1.165, 1.54) is 48.5 Å². The van der Waals surface area contributed by atoms with Crippen LogP contribution in [0.3, 0.4) is 0 Å². The van der Waals surface area contributed by atoms with E-state index in [1.54, 1.807) is 48.5 Å². The maximum Gasteiger partial charge on any atom is 0.323 e. The van der Waals surface area contributed by atoms with Crippen molar-refractivity contribution in [2.45, 2.75) is 51.4 Å². The summed E-state index contributed by atoms with van der Waals surface area (Å²) < 4.78 is 0. The number of anilines is 6. The third kappa shape index (κ3) is 13.2. The monoisotopic (exact) mass is 710 g/mol. The smallest absolute Gasteiger partial charge is 0.323 e. The molecule has 0 bridgehead atoms. The molecule has 16 heteroatoms. The average molecular weight is 711 g/mol. The lowest BCUT2D eigenvalue weighted by Crippen LogP contribution is -2.19. The molecule has 6 N–H and O–H groups in total. The third-order valence-electron chi connectivity index (χ3n) is 7.54. The minimum Gasteiger partial charge on any atom is -0.326 e. The molecule has 16 nitrogen and oxygen atoms in total. The van der Waals surface area contributed by atoms with Crippen molar-refractivity contribution in [3.05, 3.63) is 117 Å². The maximum atomic E-state index is 12.4. The Bertz CT molecular complexity index is 1750. The van der Waals surface area contributed by atoms with Gasteiger partial charge in [0.25, 0.3) is 11.4 Å². The highest BCUT2D eigenvalue weighted by Crippen LogP contribution is 2.20. The van der Waals surface area contributed by atoms with Crippen LogP contribution in [0.2, 0.25) is 0 Å². The molecular formula is C36H38N8O8. The van der Waals surface area contributed by atoms with Gasteiger partial charge in [-0.3, -0.25) is 29.8 Å². The number of urea groups is 2. The topological polar surface area (TPSA) is 227 Å². The minimum atomic E-state index is -0.564. The summed E-state index contributed by atoms with van der Waals surface area (Å²) in [6.07, 6.45) is 5.83. The number of amides is 6. The Morgan fingerprint density at radius 3 is 1.08 bits per heavy atom. The zero-order valence-corrected chi connectivity index (χ0v) is 28.1. The highest BCUT2D eigenvalue weighted by Gasteiger charge is 2.11. The van der Waals surface area contributed by atoms with E-state index in [0.717, 1.165) is 38.5 Å². The van der Waals surface area contributed by atoms with E-state index < -0.39 is 21.9 Å². The van der Waals surface area contributed by atoms with Gasteiger partial charge in [-0.2, -0.15) is 0 Å². The second kappa shape index (κ2) is 19.4. The fraction of sp³-hybridized carbons (Fsp3) is 0.222. The number of unbranched alkanes of at least 4 members (excludes halogenated alkanes) is 5. The van der Waals surface area contributed by atoms with Gasteiger partial charge >= 0.3 is 12.1 Å². The van der Waals surface area contributed by atoms with Gasteiger partial charge in [0.05, 0.1) is 9.85 Å². The number of carbonyl (C=O) groups excluding carboxylic acids is 4. The van der Waals surface area contributed by atoms with Gasteiger partial charge in [0.15, 0.2) is 0 Å². The summed E-state index contributed by atoms with van der Waals surface area (Å²) in [5.41, 5.74) is 2.42. The van der Waals surface area contributed by atoms with Crippen LogP contribution >= 0.6 is 0 Å². The van der Waals surface area contributed by atoms with E-state index in [9.17, 15) is 39.4 Å². The Morgan fingerprint density at radius 2 is 0.731 bits per heavy atom. The number of benzene rings is 4. The summed E-state index contributed by atoms with van der Waals surface area (Å²) in [7, 11) is 0. The second-order valence-electron chi connectivity index (χ2n) is 11.6. The summed E-state index contributed by atoms with van der Waals surface area (Å²) >= 11 is 0. The Hall–Kier alpha value is -6.84. The normalized spacial score (nSPS) is 10.4.